The summed E-state index contributed by atoms with van der Waals surface area (Å²) < 4.78 is 0. The van der Waals surface area contributed by atoms with Crippen LogP contribution in [0.25, 0.3) is 0 Å². The third-order valence-electron chi connectivity index (χ3n) is 4.33. The Morgan fingerprint density at radius 1 is 1.36 bits per heavy atom. The molecule has 2 heteroatoms. The van der Waals surface area contributed by atoms with Crippen molar-refractivity contribution in [1.29, 1.82) is 0 Å². The van der Waals surface area contributed by atoms with Gasteiger partial charge in [0.25, 0.3) is 0 Å². The molecule has 0 aromatic rings. The lowest BCUT2D eigenvalue weighted by atomic mass is 9.69. The Morgan fingerprint density at radius 2 is 2.07 bits per heavy atom. The van der Waals surface area contributed by atoms with E-state index in [1.165, 1.54) is 25.8 Å². The average molecular weight is 196 g/mol. The Balaban J connectivity index is 2.12. The SMILES string of the molecule is CCC1C[C@@H]2CN(C(C)C)[C@H]1C[C@@H]2N. The first-order valence-corrected chi connectivity index (χ1v) is 6.14. The molecular weight excluding hydrogens is 172 g/mol. The topological polar surface area (TPSA) is 29.3 Å². The van der Waals surface area contributed by atoms with Crippen LogP contribution in [0.3, 0.4) is 0 Å². The Bertz CT molecular complexity index is 202. The molecule has 1 unspecified atom stereocenters. The summed E-state index contributed by atoms with van der Waals surface area (Å²) in [6.07, 6.45) is 3.95. The van der Waals surface area contributed by atoms with Crippen LogP contribution in [0.5, 0.6) is 0 Å². The van der Waals surface area contributed by atoms with Gasteiger partial charge in [0.15, 0.2) is 0 Å². The molecule has 1 saturated carbocycles. The van der Waals surface area contributed by atoms with Gasteiger partial charge in [0.1, 0.15) is 0 Å². The molecule has 3 rings (SSSR count). The third-order valence-corrected chi connectivity index (χ3v) is 4.33. The monoisotopic (exact) mass is 196 g/mol. The molecule has 2 aliphatic heterocycles. The molecule has 3 fully saturated rings. The molecule has 4 atom stereocenters. The van der Waals surface area contributed by atoms with Crippen LogP contribution >= 0.6 is 0 Å². The van der Waals surface area contributed by atoms with Gasteiger partial charge < -0.3 is 5.73 Å². The number of hydrogen-bond donors (Lipinski definition) is 1. The maximum atomic E-state index is 6.17. The summed E-state index contributed by atoms with van der Waals surface area (Å²) in [5.41, 5.74) is 6.17. The lowest BCUT2D eigenvalue weighted by Crippen LogP contribution is -2.62. The Kier molecular flexibility index (Phi) is 2.85. The standard InChI is InChI=1S/C12H24N2/c1-4-9-5-10-7-14(8(2)3)12(9)6-11(10)13/h8-12H,4-7,13H2,1-3H3/t9?,10-,11+,12+/m1/s1. The van der Waals surface area contributed by atoms with Crippen LogP contribution in [0.1, 0.15) is 40.0 Å². The van der Waals surface area contributed by atoms with Gasteiger partial charge in [0, 0.05) is 24.7 Å². The van der Waals surface area contributed by atoms with Crippen molar-refractivity contribution in [1.82, 2.24) is 4.90 Å². The molecule has 0 aromatic heterocycles. The molecule has 2 bridgehead atoms. The van der Waals surface area contributed by atoms with E-state index in [0.717, 1.165) is 17.9 Å². The van der Waals surface area contributed by atoms with Crippen molar-refractivity contribution in [2.45, 2.75) is 58.2 Å². The molecule has 14 heavy (non-hydrogen) atoms. The van der Waals surface area contributed by atoms with Crippen LogP contribution in [0.15, 0.2) is 0 Å². The van der Waals surface area contributed by atoms with E-state index in [1.54, 1.807) is 0 Å². The third kappa shape index (κ3) is 1.59. The minimum atomic E-state index is 0.484. The molecular formula is C12H24N2. The second-order valence-electron chi connectivity index (χ2n) is 5.42. The van der Waals surface area contributed by atoms with Crippen molar-refractivity contribution < 1.29 is 0 Å². The van der Waals surface area contributed by atoms with E-state index in [2.05, 4.69) is 25.7 Å². The minimum Gasteiger partial charge on any atom is -0.327 e. The lowest BCUT2D eigenvalue weighted by Gasteiger charge is -2.54. The zero-order valence-corrected chi connectivity index (χ0v) is 9.74. The van der Waals surface area contributed by atoms with Crippen molar-refractivity contribution in [3.05, 3.63) is 0 Å². The molecule has 2 N–H and O–H groups in total. The highest BCUT2D eigenvalue weighted by molar-refractivity contribution is 4.99. The fraction of sp³-hybridized carbons (Fsp3) is 1.00. The average Bonchev–Trinajstić information content (AvgIpc) is 2.17. The predicted octanol–water partition coefficient (Wildman–Crippen LogP) is 1.84. The van der Waals surface area contributed by atoms with Gasteiger partial charge in [-0.3, -0.25) is 4.90 Å². The van der Waals surface area contributed by atoms with Crippen molar-refractivity contribution >= 4 is 0 Å². The van der Waals surface area contributed by atoms with Gasteiger partial charge in [-0.25, -0.2) is 0 Å². The second kappa shape index (κ2) is 3.82. The van der Waals surface area contributed by atoms with Gasteiger partial charge in [0.2, 0.25) is 0 Å². The summed E-state index contributed by atoms with van der Waals surface area (Å²) in [5, 5.41) is 0. The molecule has 0 radical (unpaired) electrons. The fourth-order valence-electron chi connectivity index (χ4n) is 3.44. The van der Waals surface area contributed by atoms with Crippen LogP contribution in [0.4, 0.5) is 0 Å². The van der Waals surface area contributed by atoms with Gasteiger partial charge in [0.05, 0.1) is 0 Å². The van der Waals surface area contributed by atoms with E-state index in [-0.39, 0.29) is 0 Å². The van der Waals surface area contributed by atoms with E-state index < -0.39 is 0 Å². The lowest BCUT2D eigenvalue weighted by molar-refractivity contribution is -0.0310. The van der Waals surface area contributed by atoms with Crippen molar-refractivity contribution in [2.24, 2.45) is 17.6 Å². The van der Waals surface area contributed by atoms with E-state index in [4.69, 9.17) is 5.73 Å². The molecule has 0 amide bonds. The van der Waals surface area contributed by atoms with E-state index in [0.29, 0.717) is 12.1 Å². The number of rotatable bonds is 2. The Hall–Kier alpha value is -0.0800. The van der Waals surface area contributed by atoms with Crippen LogP contribution < -0.4 is 5.73 Å². The number of fused-ring (bicyclic) bond motifs is 3. The van der Waals surface area contributed by atoms with Crippen molar-refractivity contribution in [3.8, 4) is 0 Å². The van der Waals surface area contributed by atoms with Crippen LogP contribution in [0, 0.1) is 11.8 Å². The molecule has 0 aromatic carbocycles. The van der Waals surface area contributed by atoms with Crippen LogP contribution in [-0.2, 0) is 0 Å². The van der Waals surface area contributed by atoms with Crippen LogP contribution in [0.2, 0.25) is 0 Å². The largest absolute Gasteiger partial charge is 0.327 e. The fourth-order valence-corrected chi connectivity index (χ4v) is 3.44. The summed E-state index contributed by atoms with van der Waals surface area (Å²) in [6, 6.07) is 1.96. The number of nitrogens with zero attached hydrogens (tertiary/aromatic N) is 1. The van der Waals surface area contributed by atoms with Crippen molar-refractivity contribution in [3.63, 3.8) is 0 Å². The van der Waals surface area contributed by atoms with E-state index in [1.807, 2.05) is 0 Å². The Labute approximate surface area is 87.8 Å². The van der Waals surface area contributed by atoms with E-state index >= 15 is 0 Å². The molecule has 1 aliphatic carbocycles. The van der Waals surface area contributed by atoms with Gasteiger partial charge in [-0.2, -0.15) is 0 Å². The first-order valence-electron chi connectivity index (χ1n) is 6.14. The smallest absolute Gasteiger partial charge is 0.0141 e. The zero-order chi connectivity index (χ0) is 10.3. The highest BCUT2D eigenvalue weighted by Gasteiger charge is 2.44. The van der Waals surface area contributed by atoms with E-state index in [9.17, 15) is 0 Å². The number of nitrogens with two attached hydrogens (primary N) is 1. The normalized spacial score (nSPS) is 43.5. The van der Waals surface area contributed by atoms with Crippen molar-refractivity contribution in [2.75, 3.05) is 6.54 Å². The molecule has 2 saturated heterocycles. The predicted molar refractivity (Wildman–Crippen MR) is 60.1 cm³/mol. The van der Waals surface area contributed by atoms with Gasteiger partial charge in [-0.05, 0) is 38.5 Å². The zero-order valence-electron chi connectivity index (χ0n) is 9.74. The first-order chi connectivity index (χ1) is 6.63. The number of piperidine rings is 2. The Morgan fingerprint density at radius 3 is 2.57 bits per heavy atom. The highest BCUT2D eigenvalue weighted by atomic mass is 15.2. The summed E-state index contributed by atoms with van der Waals surface area (Å²) in [5.74, 6) is 1.68. The molecule has 2 nitrogen and oxygen atoms in total. The second-order valence-corrected chi connectivity index (χ2v) is 5.42. The molecule has 0 spiro atoms. The highest BCUT2D eigenvalue weighted by Crippen LogP contribution is 2.40. The summed E-state index contributed by atoms with van der Waals surface area (Å²) in [6.45, 7) is 8.22. The van der Waals surface area contributed by atoms with Crippen LogP contribution in [-0.4, -0.2) is 29.6 Å². The molecule has 82 valence electrons. The maximum Gasteiger partial charge on any atom is 0.0141 e. The maximum absolute atomic E-state index is 6.17. The summed E-state index contributed by atoms with van der Waals surface area (Å²) >= 11 is 0. The molecule has 2 heterocycles. The summed E-state index contributed by atoms with van der Waals surface area (Å²) in [7, 11) is 0. The summed E-state index contributed by atoms with van der Waals surface area (Å²) in [4.78, 5) is 2.69. The van der Waals surface area contributed by atoms with Gasteiger partial charge in [-0.1, -0.05) is 13.3 Å². The quantitative estimate of drug-likeness (QED) is 0.730. The molecule has 3 aliphatic rings. The van der Waals surface area contributed by atoms with Gasteiger partial charge >= 0.3 is 0 Å². The number of hydrogen-bond acceptors (Lipinski definition) is 2. The minimum absolute atomic E-state index is 0.484. The first kappa shape index (κ1) is 10.4. The van der Waals surface area contributed by atoms with Gasteiger partial charge in [-0.15, -0.1) is 0 Å².